The van der Waals surface area contributed by atoms with Gasteiger partial charge in [0.1, 0.15) is 0 Å². The first-order valence-corrected chi connectivity index (χ1v) is 12.0. The van der Waals surface area contributed by atoms with Crippen LogP contribution in [0.5, 0.6) is 0 Å². The van der Waals surface area contributed by atoms with Crippen molar-refractivity contribution in [3.8, 4) is 17.1 Å². The number of nitrogens with zero attached hydrogens (tertiary/aromatic N) is 5. The number of nitrogens with one attached hydrogen (secondary N) is 1. The van der Waals surface area contributed by atoms with Crippen LogP contribution >= 0.6 is 0 Å². The predicted molar refractivity (Wildman–Crippen MR) is 133 cm³/mol. The van der Waals surface area contributed by atoms with Crippen molar-refractivity contribution in [2.75, 3.05) is 11.1 Å². The van der Waals surface area contributed by atoms with Crippen LogP contribution in [0.2, 0.25) is 0 Å². The van der Waals surface area contributed by atoms with Crippen molar-refractivity contribution in [2.45, 2.75) is 51.0 Å². The number of nitrogens with two attached hydrogens (primary N) is 2. The Bertz CT molecular complexity index is 1360. The predicted octanol–water partition coefficient (Wildman–Crippen LogP) is 3.74. The lowest BCUT2D eigenvalue weighted by atomic mass is 10.0. The van der Waals surface area contributed by atoms with Crippen LogP contribution in [0.25, 0.3) is 17.1 Å². The Morgan fingerprint density at radius 1 is 0.853 bits per heavy atom. The summed E-state index contributed by atoms with van der Waals surface area (Å²) < 4.78 is 1.55. The Kier molecular flexibility index (Phi) is 5.22. The SMILES string of the molecule is Nc1nc(Nc2ccc3c(c2)CC[C@H](N)CC3)nn1-c1cc2c(nn1)-c1ccccc1CCC2. The van der Waals surface area contributed by atoms with Gasteiger partial charge in [-0.1, -0.05) is 30.3 Å². The molecule has 0 saturated carbocycles. The van der Waals surface area contributed by atoms with Crippen LogP contribution in [0, 0.1) is 0 Å². The highest BCUT2D eigenvalue weighted by atomic mass is 15.4. The van der Waals surface area contributed by atoms with Crippen LogP contribution in [-0.2, 0) is 25.7 Å². The molecule has 1 atom stereocenters. The maximum atomic E-state index is 6.23. The molecule has 0 fully saturated rings. The Labute approximate surface area is 198 Å². The molecule has 2 aromatic heterocycles. The van der Waals surface area contributed by atoms with E-state index >= 15 is 0 Å². The summed E-state index contributed by atoms with van der Waals surface area (Å²) in [5.41, 5.74) is 20.6. The van der Waals surface area contributed by atoms with Crippen molar-refractivity contribution in [3.63, 3.8) is 0 Å². The zero-order chi connectivity index (χ0) is 23.1. The van der Waals surface area contributed by atoms with E-state index in [9.17, 15) is 0 Å². The molecule has 0 unspecified atom stereocenters. The smallest absolute Gasteiger partial charge is 0.248 e. The van der Waals surface area contributed by atoms with Gasteiger partial charge in [0.15, 0.2) is 5.82 Å². The van der Waals surface area contributed by atoms with E-state index in [0.29, 0.717) is 11.8 Å². The number of nitrogen functional groups attached to an aromatic ring is 1. The Balaban J connectivity index is 1.28. The molecule has 8 nitrogen and oxygen atoms in total. The van der Waals surface area contributed by atoms with Gasteiger partial charge in [-0.15, -0.1) is 15.3 Å². The molecule has 0 aliphatic heterocycles. The minimum Gasteiger partial charge on any atom is -0.368 e. The molecule has 0 spiro atoms. The van der Waals surface area contributed by atoms with Crippen molar-refractivity contribution >= 4 is 17.6 Å². The normalized spacial score (nSPS) is 17.1. The monoisotopic (exact) mass is 452 g/mol. The first-order valence-electron chi connectivity index (χ1n) is 12.0. The number of anilines is 3. The topological polar surface area (TPSA) is 121 Å². The number of hydrogen-bond acceptors (Lipinski definition) is 7. The van der Waals surface area contributed by atoms with E-state index in [1.54, 1.807) is 4.68 Å². The van der Waals surface area contributed by atoms with Crippen LogP contribution < -0.4 is 16.8 Å². The van der Waals surface area contributed by atoms with Gasteiger partial charge in [0.05, 0.1) is 5.69 Å². The molecule has 0 amide bonds. The lowest BCUT2D eigenvalue weighted by Gasteiger charge is -2.09. The Morgan fingerprint density at radius 2 is 1.68 bits per heavy atom. The Hall–Kier alpha value is -3.78. The summed E-state index contributed by atoms with van der Waals surface area (Å²) in [6.45, 7) is 0. The third-order valence-corrected chi connectivity index (χ3v) is 6.91. The zero-order valence-corrected chi connectivity index (χ0v) is 19.0. The van der Waals surface area contributed by atoms with E-state index in [1.165, 1.54) is 16.7 Å². The van der Waals surface area contributed by atoms with Crippen molar-refractivity contribution in [1.82, 2.24) is 25.0 Å². The van der Waals surface area contributed by atoms with Crippen molar-refractivity contribution in [1.29, 1.82) is 0 Å². The van der Waals surface area contributed by atoms with E-state index in [0.717, 1.165) is 67.5 Å². The summed E-state index contributed by atoms with van der Waals surface area (Å²) in [6.07, 6.45) is 7.10. The molecule has 2 aromatic carbocycles. The van der Waals surface area contributed by atoms with E-state index < -0.39 is 0 Å². The largest absolute Gasteiger partial charge is 0.368 e. The van der Waals surface area contributed by atoms with Crippen LogP contribution in [0.1, 0.15) is 41.5 Å². The Morgan fingerprint density at radius 3 is 2.59 bits per heavy atom. The van der Waals surface area contributed by atoms with Gasteiger partial charge in [-0.2, -0.15) is 9.67 Å². The van der Waals surface area contributed by atoms with Gasteiger partial charge in [0.25, 0.3) is 0 Å². The molecule has 4 aromatic rings. The summed E-state index contributed by atoms with van der Waals surface area (Å²) in [5, 5.41) is 16.9. The summed E-state index contributed by atoms with van der Waals surface area (Å²) >= 11 is 0. The number of rotatable bonds is 3. The van der Waals surface area contributed by atoms with Gasteiger partial charge in [-0.3, -0.25) is 0 Å². The maximum Gasteiger partial charge on any atom is 0.248 e. The number of fused-ring (bicyclic) bond motifs is 4. The third-order valence-electron chi connectivity index (χ3n) is 6.91. The molecule has 34 heavy (non-hydrogen) atoms. The molecule has 2 aliphatic rings. The zero-order valence-electron chi connectivity index (χ0n) is 19.0. The van der Waals surface area contributed by atoms with Gasteiger partial charge < -0.3 is 16.8 Å². The van der Waals surface area contributed by atoms with Gasteiger partial charge in [-0.05, 0) is 85.4 Å². The first kappa shape index (κ1) is 20.8. The molecule has 2 heterocycles. The fourth-order valence-electron chi connectivity index (χ4n) is 5.06. The summed E-state index contributed by atoms with van der Waals surface area (Å²) in [4.78, 5) is 4.42. The highest BCUT2D eigenvalue weighted by Gasteiger charge is 2.19. The maximum absolute atomic E-state index is 6.23. The van der Waals surface area contributed by atoms with Crippen LogP contribution in [0.3, 0.4) is 0 Å². The quantitative estimate of drug-likeness (QED) is 0.405. The molecule has 6 rings (SSSR count). The first-order chi connectivity index (χ1) is 16.6. The number of aryl methyl sites for hydroxylation is 4. The summed E-state index contributed by atoms with van der Waals surface area (Å²) in [7, 11) is 0. The van der Waals surface area contributed by atoms with Crippen molar-refractivity contribution in [2.24, 2.45) is 5.73 Å². The van der Waals surface area contributed by atoms with Crippen molar-refractivity contribution < 1.29 is 0 Å². The van der Waals surface area contributed by atoms with Gasteiger partial charge in [-0.25, -0.2) is 0 Å². The fraction of sp³-hybridized carbons (Fsp3) is 0.308. The highest BCUT2D eigenvalue weighted by Crippen LogP contribution is 2.31. The molecule has 2 aliphatic carbocycles. The molecule has 5 N–H and O–H groups in total. The van der Waals surface area contributed by atoms with Crippen LogP contribution in [-0.4, -0.2) is 31.0 Å². The second-order valence-corrected chi connectivity index (χ2v) is 9.24. The second-order valence-electron chi connectivity index (χ2n) is 9.24. The second kappa shape index (κ2) is 8.53. The molecular weight excluding hydrogens is 424 g/mol. The van der Waals surface area contributed by atoms with Gasteiger partial charge in [0, 0.05) is 17.3 Å². The fourth-order valence-corrected chi connectivity index (χ4v) is 5.06. The average molecular weight is 453 g/mol. The van der Waals surface area contributed by atoms with Gasteiger partial charge in [0.2, 0.25) is 11.9 Å². The summed E-state index contributed by atoms with van der Waals surface area (Å²) in [6, 6.07) is 17.1. The third kappa shape index (κ3) is 3.90. The lowest BCUT2D eigenvalue weighted by molar-refractivity contribution is 0.589. The van der Waals surface area contributed by atoms with Crippen LogP contribution in [0.15, 0.2) is 48.5 Å². The van der Waals surface area contributed by atoms with E-state index in [2.05, 4.69) is 62.0 Å². The van der Waals surface area contributed by atoms with Crippen molar-refractivity contribution in [3.05, 3.63) is 70.8 Å². The average Bonchev–Trinajstić information content (AvgIpc) is 3.00. The number of aromatic nitrogens is 5. The van der Waals surface area contributed by atoms with E-state index in [1.807, 2.05) is 12.1 Å². The number of benzene rings is 2. The van der Waals surface area contributed by atoms with Crippen LogP contribution in [0.4, 0.5) is 17.6 Å². The molecule has 8 heteroatoms. The van der Waals surface area contributed by atoms with Gasteiger partial charge >= 0.3 is 0 Å². The number of hydrogen-bond donors (Lipinski definition) is 3. The minimum atomic E-state index is 0.270. The summed E-state index contributed by atoms with van der Waals surface area (Å²) in [5.74, 6) is 1.28. The molecule has 0 bridgehead atoms. The highest BCUT2D eigenvalue weighted by molar-refractivity contribution is 5.68. The van der Waals surface area contributed by atoms with E-state index in [4.69, 9.17) is 11.5 Å². The lowest BCUT2D eigenvalue weighted by Crippen LogP contribution is -2.19. The molecule has 172 valence electrons. The molecular formula is C26H28N8. The van der Waals surface area contributed by atoms with E-state index in [-0.39, 0.29) is 12.0 Å². The molecule has 0 radical (unpaired) electrons. The standard InChI is InChI=1S/C26H28N8/c27-20-11-8-16-10-13-21(14-18(16)9-12-20)29-26-30-25(28)34(33-26)23-15-19-6-3-5-17-4-1-2-7-22(17)24(19)32-31-23/h1-2,4,7,10,13-15,20H,3,5-6,8-9,11-12,27H2,(H3,28,29,30,33)/t20-/m1/s1. The molecule has 0 saturated heterocycles. The minimum absolute atomic E-state index is 0.270.